The van der Waals surface area contributed by atoms with Gasteiger partial charge < -0.3 is 15.3 Å². The fourth-order valence-electron chi connectivity index (χ4n) is 2.05. The van der Waals surface area contributed by atoms with Crippen LogP contribution in [0, 0.1) is 5.92 Å². The minimum absolute atomic E-state index is 0.0261. The molecule has 5 nitrogen and oxygen atoms in total. The molecule has 110 valence electrons. The molecule has 0 aliphatic carbocycles. The van der Waals surface area contributed by atoms with Crippen LogP contribution in [0.15, 0.2) is 0 Å². The number of rotatable bonds is 5. The number of amides is 2. The van der Waals surface area contributed by atoms with E-state index in [9.17, 15) is 9.59 Å². The zero-order valence-corrected chi connectivity index (χ0v) is 12.7. The number of nitrogens with zero attached hydrogens (tertiary/aromatic N) is 1. The molecule has 1 saturated heterocycles. The fraction of sp³-hybridized carbons (Fsp3) is 0.846. The van der Waals surface area contributed by atoms with Crippen LogP contribution in [0.4, 0.5) is 4.79 Å². The summed E-state index contributed by atoms with van der Waals surface area (Å²) in [7, 11) is 0. The lowest BCUT2D eigenvalue weighted by atomic mass is 10.1. The van der Waals surface area contributed by atoms with Crippen molar-refractivity contribution in [1.29, 1.82) is 0 Å². The van der Waals surface area contributed by atoms with E-state index in [0.717, 1.165) is 12.3 Å². The number of hydrogen-bond donors (Lipinski definition) is 2. The van der Waals surface area contributed by atoms with E-state index in [-0.39, 0.29) is 24.4 Å². The molecule has 0 radical (unpaired) electrons. The van der Waals surface area contributed by atoms with E-state index in [2.05, 4.69) is 19.2 Å². The molecule has 0 saturated carbocycles. The number of thioether (sulfide) groups is 1. The Morgan fingerprint density at radius 1 is 1.47 bits per heavy atom. The lowest BCUT2D eigenvalue weighted by molar-refractivity contribution is -0.137. The maximum Gasteiger partial charge on any atom is 0.317 e. The molecule has 0 aromatic carbocycles. The molecule has 6 heteroatoms. The second-order valence-electron chi connectivity index (χ2n) is 5.23. The number of carbonyl (C=O) groups is 2. The Balaban J connectivity index is 2.32. The lowest BCUT2D eigenvalue weighted by Gasteiger charge is -2.37. The minimum Gasteiger partial charge on any atom is -0.481 e. The molecular weight excluding hydrogens is 264 g/mol. The first-order valence-electron chi connectivity index (χ1n) is 6.79. The smallest absolute Gasteiger partial charge is 0.317 e. The normalized spacial score (nSPS) is 24.9. The van der Waals surface area contributed by atoms with Crippen LogP contribution in [0.3, 0.4) is 0 Å². The Morgan fingerprint density at radius 3 is 2.79 bits per heavy atom. The van der Waals surface area contributed by atoms with Crippen molar-refractivity contribution in [1.82, 2.24) is 10.2 Å². The van der Waals surface area contributed by atoms with Gasteiger partial charge in [-0.3, -0.25) is 4.79 Å². The van der Waals surface area contributed by atoms with Crippen molar-refractivity contribution in [2.24, 2.45) is 5.92 Å². The van der Waals surface area contributed by atoms with Crippen molar-refractivity contribution in [3.63, 3.8) is 0 Å². The highest BCUT2D eigenvalue weighted by atomic mass is 32.2. The summed E-state index contributed by atoms with van der Waals surface area (Å²) in [5.74, 6) is 0.383. The Bertz CT molecular complexity index is 325. The molecule has 0 bridgehead atoms. The number of hydrogen-bond acceptors (Lipinski definition) is 3. The van der Waals surface area contributed by atoms with Crippen LogP contribution in [0.5, 0.6) is 0 Å². The van der Waals surface area contributed by atoms with Crippen LogP contribution in [0.2, 0.25) is 0 Å². The predicted molar refractivity (Wildman–Crippen MR) is 77.5 cm³/mol. The van der Waals surface area contributed by atoms with Crippen LogP contribution in [0.1, 0.15) is 33.6 Å². The molecule has 19 heavy (non-hydrogen) atoms. The van der Waals surface area contributed by atoms with E-state index >= 15 is 0 Å². The third-order valence-electron chi connectivity index (χ3n) is 3.60. The van der Waals surface area contributed by atoms with Gasteiger partial charge in [-0.05, 0) is 19.3 Å². The average molecular weight is 288 g/mol. The van der Waals surface area contributed by atoms with Crippen LogP contribution in [-0.2, 0) is 4.79 Å². The summed E-state index contributed by atoms with van der Waals surface area (Å²) >= 11 is 1.90. The molecule has 0 spiro atoms. The topological polar surface area (TPSA) is 69.6 Å². The third-order valence-corrected chi connectivity index (χ3v) is 4.94. The molecule has 3 unspecified atom stereocenters. The van der Waals surface area contributed by atoms with Gasteiger partial charge in [0.05, 0.1) is 0 Å². The van der Waals surface area contributed by atoms with Crippen LogP contribution in [0.25, 0.3) is 0 Å². The molecule has 1 aliphatic heterocycles. The Hall–Kier alpha value is -0.910. The van der Waals surface area contributed by atoms with E-state index in [1.165, 1.54) is 0 Å². The Labute approximate surface area is 119 Å². The van der Waals surface area contributed by atoms with Gasteiger partial charge in [0, 0.05) is 36.6 Å². The summed E-state index contributed by atoms with van der Waals surface area (Å²) in [6.07, 6.45) is 0.752. The maximum absolute atomic E-state index is 12.1. The molecule has 0 aromatic heterocycles. The van der Waals surface area contributed by atoms with Gasteiger partial charge in [0.2, 0.25) is 0 Å². The minimum atomic E-state index is -0.784. The van der Waals surface area contributed by atoms with Gasteiger partial charge in [-0.15, -0.1) is 0 Å². The standard InChI is InChI=1S/C13H24N2O3S/c1-9(4-5-12(16)17)8-14-13(18)15-6-7-19-11(3)10(15)2/h9-11H,4-8H2,1-3H3,(H,14,18)(H,16,17). The van der Waals surface area contributed by atoms with Crippen molar-refractivity contribution in [3.05, 3.63) is 0 Å². The first-order valence-corrected chi connectivity index (χ1v) is 7.84. The Kier molecular flexibility index (Phi) is 6.48. The fourth-order valence-corrected chi connectivity index (χ4v) is 3.15. The molecule has 2 amide bonds. The molecule has 2 N–H and O–H groups in total. The average Bonchev–Trinajstić information content (AvgIpc) is 2.36. The van der Waals surface area contributed by atoms with Crippen molar-refractivity contribution >= 4 is 23.8 Å². The van der Waals surface area contributed by atoms with E-state index in [1.54, 1.807) is 0 Å². The monoisotopic (exact) mass is 288 g/mol. The van der Waals surface area contributed by atoms with E-state index in [0.29, 0.717) is 18.2 Å². The highest BCUT2D eigenvalue weighted by Gasteiger charge is 2.28. The first-order chi connectivity index (χ1) is 8.91. The summed E-state index contributed by atoms with van der Waals surface area (Å²) in [6, 6.07) is 0.218. The van der Waals surface area contributed by atoms with Crippen LogP contribution >= 0.6 is 11.8 Å². The number of carboxylic acids is 1. The van der Waals surface area contributed by atoms with Gasteiger partial charge in [-0.25, -0.2) is 4.79 Å². The van der Waals surface area contributed by atoms with Gasteiger partial charge in [0.1, 0.15) is 0 Å². The van der Waals surface area contributed by atoms with Gasteiger partial charge in [-0.2, -0.15) is 11.8 Å². The lowest BCUT2D eigenvalue weighted by Crippen LogP contribution is -2.52. The van der Waals surface area contributed by atoms with Crippen molar-refractivity contribution in [3.8, 4) is 0 Å². The molecule has 1 heterocycles. The Morgan fingerprint density at radius 2 is 2.16 bits per heavy atom. The molecule has 1 fully saturated rings. The third kappa shape index (κ3) is 5.30. The van der Waals surface area contributed by atoms with E-state index in [1.807, 2.05) is 23.6 Å². The zero-order chi connectivity index (χ0) is 14.4. The second-order valence-corrected chi connectivity index (χ2v) is 6.72. The first kappa shape index (κ1) is 16.1. The maximum atomic E-state index is 12.1. The zero-order valence-electron chi connectivity index (χ0n) is 11.9. The van der Waals surface area contributed by atoms with Gasteiger partial charge >= 0.3 is 12.0 Å². The number of carbonyl (C=O) groups excluding carboxylic acids is 1. The van der Waals surface area contributed by atoms with E-state index < -0.39 is 5.97 Å². The van der Waals surface area contributed by atoms with Crippen molar-refractivity contribution < 1.29 is 14.7 Å². The van der Waals surface area contributed by atoms with E-state index in [4.69, 9.17) is 5.11 Å². The summed E-state index contributed by atoms with van der Waals surface area (Å²) < 4.78 is 0. The summed E-state index contributed by atoms with van der Waals surface area (Å²) in [5, 5.41) is 12.0. The molecular formula is C13H24N2O3S. The largest absolute Gasteiger partial charge is 0.481 e. The number of urea groups is 1. The highest BCUT2D eigenvalue weighted by Crippen LogP contribution is 2.24. The van der Waals surface area contributed by atoms with Crippen LogP contribution < -0.4 is 5.32 Å². The highest BCUT2D eigenvalue weighted by molar-refractivity contribution is 8.00. The number of aliphatic carboxylic acids is 1. The van der Waals surface area contributed by atoms with Gasteiger partial charge in [0.25, 0.3) is 0 Å². The number of nitrogens with one attached hydrogen (secondary N) is 1. The van der Waals surface area contributed by atoms with Crippen molar-refractivity contribution in [2.45, 2.75) is 44.9 Å². The molecule has 1 rings (SSSR count). The summed E-state index contributed by atoms with van der Waals surface area (Å²) in [6.45, 7) is 7.50. The van der Waals surface area contributed by atoms with Crippen LogP contribution in [-0.4, -0.2) is 52.1 Å². The predicted octanol–water partition coefficient (Wildman–Crippen LogP) is 2.02. The van der Waals surface area contributed by atoms with Crippen molar-refractivity contribution in [2.75, 3.05) is 18.8 Å². The SMILES string of the molecule is CC(CCC(=O)O)CNC(=O)N1CCSC(C)C1C. The quantitative estimate of drug-likeness (QED) is 0.812. The van der Waals surface area contributed by atoms with Gasteiger partial charge in [-0.1, -0.05) is 13.8 Å². The summed E-state index contributed by atoms with van der Waals surface area (Å²) in [4.78, 5) is 24.4. The van der Waals surface area contributed by atoms with Gasteiger partial charge in [0.15, 0.2) is 0 Å². The molecule has 0 aromatic rings. The molecule has 1 aliphatic rings. The number of carboxylic acid groups (broad SMARTS) is 1. The summed E-state index contributed by atoms with van der Waals surface area (Å²) in [5.41, 5.74) is 0. The molecule has 3 atom stereocenters. The second kappa shape index (κ2) is 7.62.